The minimum atomic E-state index is -0.231. The van der Waals surface area contributed by atoms with Crippen molar-refractivity contribution in [3.05, 3.63) is 41.8 Å². The Kier molecular flexibility index (Phi) is 5.55. The van der Waals surface area contributed by atoms with Crippen molar-refractivity contribution in [3.8, 4) is 0 Å². The molecule has 0 spiro atoms. The average Bonchev–Trinajstić information content (AvgIpc) is 2.92. The maximum Gasteiger partial charge on any atom is 0.226 e. The Balaban J connectivity index is 1.82. The van der Waals surface area contributed by atoms with Crippen LogP contribution in [0.1, 0.15) is 25.1 Å². The van der Waals surface area contributed by atoms with Crippen molar-refractivity contribution in [1.82, 2.24) is 10.1 Å². The molecule has 6 heteroatoms. The maximum absolute atomic E-state index is 12.8. The Morgan fingerprint density at radius 1 is 1.35 bits per heavy atom. The van der Waals surface area contributed by atoms with Crippen molar-refractivity contribution in [2.45, 2.75) is 30.4 Å². The number of benzene rings is 1. The topological polar surface area (TPSA) is 64.9 Å². The molecule has 0 radical (unpaired) electrons. The number of halogens is 1. The first-order valence-electron chi connectivity index (χ1n) is 6.57. The maximum atomic E-state index is 12.8. The molecule has 2 aromatic rings. The van der Waals surface area contributed by atoms with Crippen LogP contribution in [-0.4, -0.2) is 16.7 Å². The van der Waals surface area contributed by atoms with Gasteiger partial charge in [0.2, 0.25) is 5.89 Å². The number of nitrogens with two attached hydrogens (primary N) is 1. The summed E-state index contributed by atoms with van der Waals surface area (Å²) >= 11 is 1.55. The van der Waals surface area contributed by atoms with E-state index in [1.165, 1.54) is 12.1 Å². The van der Waals surface area contributed by atoms with Crippen LogP contribution >= 0.6 is 11.8 Å². The van der Waals surface area contributed by atoms with Crippen molar-refractivity contribution >= 4 is 11.8 Å². The van der Waals surface area contributed by atoms with Gasteiger partial charge in [0.15, 0.2) is 5.82 Å². The number of aryl methyl sites for hydroxylation is 1. The lowest BCUT2D eigenvalue weighted by atomic mass is 10.1. The average molecular weight is 295 g/mol. The van der Waals surface area contributed by atoms with E-state index >= 15 is 0 Å². The highest BCUT2D eigenvalue weighted by Gasteiger charge is 2.08. The molecule has 108 valence electrons. The largest absolute Gasteiger partial charge is 0.339 e. The zero-order valence-corrected chi connectivity index (χ0v) is 12.2. The van der Waals surface area contributed by atoms with Crippen molar-refractivity contribution < 1.29 is 8.91 Å². The number of nitrogens with zero attached hydrogens (tertiary/aromatic N) is 2. The van der Waals surface area contributed by atoms with Gasteiger partial charge in [-0.05, 0) is 43.1 Å². The molecule has 1 aromatic carbocycles. The molecule has 1 heterocycles. The molecule has 0 fully saturated rings. The molecule has 0 bridgehead atoms. The summed E-state index contributed by atoms with van der Waals surface area (Å²) in [5.74, 6) is 2.15. The minimum Gasteiger partial charge on any atom is -0.339 e. The van der Waals surface area contributed by atoms with E-state index in [4.69, 9.17) is 10.3 Å². The summed E-state index contributed by atoms with van der Waals surface area (Å²) in [5, 5.41) is 3.94. The van der Waals surface area contributed by atoms with Crippen LogP contribution in [0.25, 0.3) is 0 Å². The summed E-state index contributed by atoms with van der Waals surface area (Å²) in [6.45, 7) is 2.77. The number of thioether (sulfide) groups is 1. The summed E-state index contributed by atoms with van der Waals surface area (Å²) in [7, 11) is 0. The summed E-state index contributed by atoms with van der Waals surface area (Å²) in [4.78, 5) is 5.32. The van der Waals surface area contributed by atoms with Crippen molar-refractivity contribution in [2.24, 2.45) is 11.7 Å². The molecule has 1 unspecified atom stereocenters. The Hall–Kier alpha value is -1.40. The second kappa shape index (κ2) is 7.40. The molecule has 1 atom stereocenters. The molecule has 0 aliphatic carbocycles. The molecule has 0 aliphatic rings. The van der Waals surface area contributed by atoms with Gasteiger partial charge in [0.25, 0.3) is 0 Å². The Morgan fingerprint density at radius 3 is 2.80 bits per heavy atom. The SMILES string of the molecule is CC(CN)CCc1nc(CSc2ccc(F)cc2)no1. The first-order chi connectivity index (χ1) is 9.67. The second-order valence-corrected chi connectivity index (χ2v) is 5.78. The van der Waals surface area contributed by atoms with Crippen LogP contribution in [-0.2, 0) is 12.2 Å². The second-order valence-electron chi connectivity index (χ2n) is 4.73. The fourth-order valence-electron chi connectivity index (χ4n) is 1.62. The third-order valence-electron chi connectivity index (χ3n) is 2.95. The normalized spacial score (nSPS) is 12.6. The van der Waals surface area contributed by atoms with Gasteiger partial charge in [-0.3, -0.25) is 0 Å². The molecule has 2 rings (SSSR count). The van der Waals surface area contributed by atoms with E-state index in [0.717, 1.165) is 17.7 Å². The molecule has 20 heavy (non-hydrogen) atoms. The van der Waals surface area contributed by atoms with Crippen LogP contribution in [0, 0.1) is 11.7 Å². The number of hydrogen-bond acceptors (Lipinski definition) is 5. The summed E-state index contributed by atoms with van der Waals surface area (Å²) < 4.78 is 18.0. The van der Waals surface area contributed by atoms with E-state index in [0.29, 0.717) is 29.9 Å². The van der Waals surface area contributed by atoms with Gasteiger partial charge in [0.05, 0.1) is 5.75 Å². The van der Waals surface area contributed by atoms with Crippen LogP contribution in [0.15, 0.2) is 33.7 Å². The van der Waals surface area contributed by atoms with Gasteiger partial charge < -0.3 is 10.3 Å². The predicted octanol–water partition coefficient (Wildman–Crippen LogP) is 3.03. The lowest BCUT2D eigenvalue weighted by Gasteiger charge is -2.03. The molecule has 2 N–H and O–H groups in total. The van der Waals surface area contributed by atoms with Gasteiger partial charge in [0, 0.05) is 11.3 Å². The van der Waals surface area contributed by atoms with Gasteiger partial charge >= 0.3 is 0 Å². The fourth-order valence-corrected chi connectivity index (χ4v) is 2.36. The van der Waals surface area contributed by atoms with Gasteiger partial charge in [0.1, 0.15) is 5.82 Å². The lowest BCUT2D eigenvalue weighted by molar-refractivity contribution is 0.362. The van der Waals surface area contributed by atoms with Crippen LogP contribution in [0.2, 0.25) is 0 Å². The molecule has 4 nitrogen and oxygen atoms in total. The quantitative estimate of drug-likeness (QED) is 0.795. The lowest BCUT2D eigenvalue weighted by Crippen LogP contribution is -2.11. The van der Waals surface area contributed by atoms with E-state index < -0.39 is 0 Å². The number of hydrogen-bond donors (Lipinski definition) is 1. The molecule has 0 saturated heterocycles. The van der Waals surface area contributed by atoms with Gasteiger partial charge in [-0.25, -0.2) is 4.39 Å². The fraction of sp³-hybridized carbons (Fsp3) is 0.429. The number of aromatic nitrogens is 2. The van der Waals surface area contributed by atoms with Crippen LogP contribution < -0.4 is 5.73 Å². The van der Waals surface area contributed by atoms with Gasteiger partial charge in [-0.15, -0.1) is 11.8 Å². The van der Waals surface area contributed by atoms with Gasteiger partial charge in [-0.1, -0.05) is 12.1 Å². The van der Waals surface area contributed by atoms with E-state index in [2.05, 4.69) is 17.1 Å². The first-order valence-corrected chi connectivity index (χ1v) is 7.56. The summed E-state index contributed by atoms with van der Waals surface area (Å²) in [6.07, 6.45) is 1.70. The zero-order valence-electron chi connectivity index (χ0n) is 11.4. The Morgan fingerprint density at radius 2 is 2.10 bits per heavy atom. The summed E-state index contributed by atoms with van der Waals surface area (Å²) in [6, 6.07) is 6.37. The van der Waals surface area contributed by atoms with Crippen LogP contribution in [0.3, 0.4) is 0 Å². The minimum absolute atomic E-state index is 0.231. The van der Waals surface area contributed by atoms with E-state index in [1.807, 2.05) is 0 Å². The van der Waals surface area contributed by atoms with Crippen molar-refractivity contribution in [2.75, 3.05) is 6.54 Å². The third-order valence-corrected chi connectivity index (χ3v) is 3.95. The van der Waals surface area contributed by atoms with E-state index in [-0.39, 0.29) is 5.82 Å². The number of rotatable bonds is 7. The van der Waals surface area contributed by atoms with Crippen LogP contribution in [0.4, 0.5) is 4.39 Å². The highest BCUT2D eigenvalue weighted by molar-refractivity contribution is 7.98. The Bertz CT molecular complexity index is 529. The molecule has 1 aromatic heterocycles. The zero-order chi connectivity index (χ0) is 14.4. The van der Waals surface area contributed by atoms with Crippen molar-refractivity contribution in [3.63, 3.8) is 0 Å². The monoisotopic (exact) mass is 295 g/mol. The summed E-state index contributed by atoms with van der Waals surface area (Å²) in [5.41, 5.74) is 5.57. The first kappa shape index (κ1) is 15.0. The predicted molar refractivity (Wildman–Crippen MR) is 76.8 cm³/mol. The molecular weight excluding hydrogens is 277 g/mol. The van der Waals surface area contributed by atoms with E-state index in [9.17, 15) is 4.39 Å². The van der Waals surface area contributed by atoms with Crippen molar-refractivity contribution in [1.29, 1.82) is 0 Å². The van der Waals surface area contributed by atoms with Gasteiger partial charge in [-0.2, -0.15) is 4.98 Å². The Labute approximate surface area is 121 Å². The third kappa shape index (κ3) is 4.61. The van der Waals surface area contributed by atoms with E-state index in [1.54, 1.807) is 23.9 Å². The highest BCUT2D eigenvalue weighted by Crippen LogP contribution is 2.21. The highest BCUT2D eigenvalue weighted by atomic mass is 32.2. The molecule has 0 amide bonds. The standard InChI is InChI=1S/C14H18FN3OS/c1-10(8-16)2-7-14-17-13(18-19-14)9-20-12-5-3-11(15)4-6-12/h3-6,10H,2,7-9,16H2,1H3. The molecular formula is C14H18FN3OS. The van der Waals surface area contributed by atoms with Crippen LogP contribution in [0.5, 0.6) is 0 Å². The smallest absolute Gasteiger partial charge is 0.226 e. The molecule has 0 aliphatic heterocycles. The molecule has 0 saturated carbocycles.